The smallest absolute Gasteiger partial charge is 0.347 e. The molecule has 0 saturated carbocycles. The second-order valence-corrected chi connectivity index (χ2v) is 1.57. The lowest BCUT2D eigenvalue weighted by Crippen LogP contribution is -2.21. The average Bonchev–Trinajstić information content (AvgIpc) is 1.63. The molecule has 9 heavy (non-hydrogen) atoms. The number of ether oxygens (including phenoxy) is 1. The second kappa shape index (κ2) is 3.92. The topological polar surface area (TPSA) is 29.5 Å². The molecule has 0 aliphatic rings. The second-order valence-electron chi connectivity index (χ2n) is 1.12. The zero-order valence-electron chi connectivity index (χ0n) is 4.10. The Morgan fingerprint density at radius 3 is 1.89 bits per heavy atom. The van der Waals surface area contributed by atoms with Crippen LogP contribution in [0, 0.1) is 0 Å². The largest absolute Gasteiger partial charge is 0.373 e. The molecule has 56 valence electrons. The van der Waals surface area contributed by atoms with E-state index in [1.165, 1.54) is 0 Å². The summed E-state index contributed by atoms with van der Waals surface area (Å²) in [5.41, 5.74) is -2.04. The molecular formula is C3H4ClF3O2. The van der Waals surface area contributed by atoms with Crippen LogP contribution >= 0.6 is 11.6 Å². The van der Waals surface area contributed by atoms with Gasteiger partial charge in [-0.3, -0.25) is 4.74 Å². The lowest BCUT2D eigenvalue weighted by Gasteiger charge is -2.08. The van der Waals surface area contributed by atoms with Gasteiger partial charge in [0.2, 0.25) is 6.36 Å². The van der Waals surface area contributed by atoms with E-state index < -0.39 is 18.5 Å². The number of halogens is 4. The Bertz CT molecular complexity index is 79.5. The maximum absolute atomic E-state index is 11.7. The summed E-state index contributed by atoms with van der Waals surface area (Å²) in [6.07, 6.45) is -2.54. The quantitative estimate of drug-likeness (QED) is 0.633. The van der Waals surface area contributed by atoms with Gasteiger partial charge in [-0.05, 0) is 0 Å². The highest BCUT2D eigenvalue weighted by Crippen LogP contribution is 2.09. The summed E-state index contributed by atoms with van der Waals surface area (Å²) in [5.74, 6) is 0. The summed E-state index contributed by atoms with van der Waals surface area (Å²) < 4.78 is 36.8. The molecule has 2 nitrogen and oxygen atoms in total. The van der Waals surface area contributed by atoms with Gasteiger partial charge in [0.25, 0.3) is 0 Å². The first-order valence-electron chi connectivity index (χ1n) is 1.94. The number of hydrogen-bond donors (Lipinski definition) is 1. The average molecular weight is 165 g/mol. The maximum atomic E-state index is 11.7. The SMILES string of the molecule is OC(Cl)C(F)OC(F)F. The summed E-state index contributed by atoms with van der Waals surface area (Å²) in [5, 5.41) is 8.00. The molecule has 0 bridgehead atoms. The van der Waals surface area contributed by atoms with Gasteiger partial charge in [0, 0.05) is 0 Å². The predicted octanol–water partition coefficient (Wildman–Crippen LogP) is 1.08. The van der Waals surface area contributed by atoms with Crippen molar-refractivity contribution in [2.45, 2.75) is 18.5 Å². The molecule has 0 aromatic carbocycles. The molecule has 0 saturated heterocycles. The van der Waals surface area contributed by atoms with Gasteiger partial charge in [0.15, 0.2) is 5.56 Å². The molecule has 0 aliphatic carbocycles. The summed E-state index contributed by atoms with van der Waals surface area (Å²) in [4.78, 5) is 0. The molecule has 2 unspecified atom stereocenters. The standard InChI is InChI=1S/C3H4ClF3O2/c4-1(8)2(5)9-3(6)7/h1-3,8H. The summed E-state index contributed by atoms with van der Waals surface area (Å²) >= 11 is 4.59. The molecule has 0 rings (SSSR count). The molecule has 0 heterocycles. The first-order valence-corrected chi connectivity index (χ1v) is 2.37. The van der Waals surface area contributed by atoms with E-state index in [0.29, 0.717) is 0 Å². The van der Waals surface area contributed by atoms with Gasteiger partial charge in [-0.25, -0.2) is 4.39 Å². The minimum atomic E-state index is -3.26. The van der Waals surface area contributed by atoms with E-state index in [1.54, 1.807) is 0 Å². The Hall–Kier alpha value is -0.0000000000000000555. The number of aliphatic hydroxyl groups excluding tert-OH is 1. The summed E-state index contributed by atoms with van der Waals surface area (Å²) in [6.45, 7) is -3.26. The van der Waals surface area contributed by atoms with Gasteiger partial charge in [-0.2, -0.15) is 8.78 Å². The fraction of sp³-hybridized carbons (Fsp3) is 1.00. The summed E-state index contributed by atoms with van der Waals surface area (Å²) in [6, 6.07) is 0. The zero-order valence-corrected chi connectivity index (χ0v) is 4.86. The Morgan fingerprint density at radius 2 is 1.78 bits per heavy atom. The van der Waals surface area contributed by atoms with Crippen LogP contribution in [0.25, 0.3) is 0 Å². The van der Waals surface area contributed by atoms with Crippen LogP contribution in [0.15, 0.2) is 0 Å². The van der Waals surface area contributed by atoms with Gasteiger partial charge < -0.3 is 5.11 Å². The van der Waals surface area contributed by atoms with Crippen molar-refractivity contribution in [1.29, 1.82) is 0 Å². The van der Waals surface area contributed by atoms with Crippen molar-refractivity contribution in [3.63, 3.8) is 0 Å². The van der Waals surface area contributed by atoms with Crippen molar-refractivity contribution < 1.29 is 23.0 Å². The highest BCUT2D eigenvalue weighted by atomic mass is 35.5. The fourth-order valence-corrected chi connectivity index (χ4v) is 0.222. The lowest BCUT2D eigenvalue weighted by atomic mass is 10.7. The van der Waals surface area contributed by atoms with E-state index in [4.69, 9.17) is 5.11 Å². The van der Waals surface area contributed by atoms with Gasteiger partial charge in [-0.15, -0.1) is 0 Å². The van der Waals surface area contributed by atoms with Crippen molar-refractivity contribution >= 4 is 11.6 Å². The van der Waals surface area contributed by atoms with Gasteiger partial charge in [-0.1, -0.05) is 11.6 Å². The van der Waals surface area contributed by atoms with Crippen LogP contribution < -0.4 is 0 Å². The van der Waals surface area contributed by atoms with Crippen LogP contribution in [0.3, 0.4) is 0 Å². The van der Waals surface area contributed by atoms with Gasteiger partial charge in [0.1, 0.15) is 0 Å². The third kappa shape index (κ3) is 4.50. The van der Waals surface area contributed by atoms with Crippen molar-refractivity contribution in [3.8, 4) is 0 Å². The molecule has 0 spiro atoms. The van der Waals surface area contributed by atoms with Crippen molar-refractivity contribution in [2.24, 2.45) is 0 Å². The molecule has 2 atom stereocenters. The van der Waals surface area contributed by atoms with E-state index >= 15 is 0 Å². The van der Waals surface area contributed by atoms with E-state index in [-0.39, 0.29) is 0 Å². The molecule has 6 heteroatoms. The Morgan fingerprint density at radius 1 is 1.33 bits per heavy atom. The Balaban J connectivity index is 3.38. The predicted molar refractivity (Wildman–Crippen MR) is 23.8 cm³/mol. The van der Waals surface area contributed by atoms with E-state index in [9.17, 15) is 13.2 Å². The van der Waals surface area contributed by atoms with E-state index in [0.717, 1.165) is 0 Å². The Kier molecular flexibility index (Phi) is 3.92. The molecular weight excluding hydrogens is 160 g/mol. The lowest BCUT2D eigenvalue weighted by molar-refractivity contribution is -0.216. The number of alkyl halides is 4. The zero-order chi connectivity index (χ0) is 7.44. The minimum Gasteiger partial charge on any atom is -0.373 e. The number of aliphatic hydroxyl groups is 1. The van der Waals surface area contributed by atoms with Crippen molar-refractivity contribution in [2.75, 3.05) is 0 Å². The monoisotopic (exact) mass is 164 g/mol. The van der Waals surface area contributed by atoms with Crippen LogP contribution in [0.4, 0.5) is 13.2 Å². The van der Waals surface area contributed by atoms with Gasteiger partial charge in [0.05, 0.1) is 0 Å². The third-order valence-corrected chi connectivity index (χ3v) is 0.647. The molecule has 0 aliphatic heterocycles. The van der Waals surface area contributed by atoms with Crippen LogP contribution in [0.5, 0.6) is 0 Å². The molecule has 0 amide bonds. The maximum Gasteiger partial charge on any atom is 0.347 e. The summed E-state index contributed by atoms with van der Waals surface area (Å²) in [7, 11) is 0. The van der Waals surface area contributed by atoms with Gasteiger partial charge >= 0.3 is 6.61 Å². The first kappa shape index (κ1) is 9.00. The van der Waals surface area contributed by atoms with Crippen molar-refractivity contribution in [3.05, 3.63) is 0 Å². The van der Waals surface area contributed by atoms with Crippen LogP contribution in [0.2, 0.25) is 0 Å². The molecule has 1 N–H and O–H groups in total. The third-order valence-electron chi connectivity index (χ3n) is 0.449. The van der Waals surface area contributed by atoms with Crippen LogP contribution in [-0.4, -0.2) is 23.6 Å². The van der Waals surface area contributed by atoms with Crippen molar-refractivity contribution in [1.82, 2.24) is 0 Å². The highest BCUT2D eigenvalue weighted by Gasteiger charge is 2.19. The minimum absolute atomic E-state index is 2.04. The van der Waals surface area contributed by atoms with E-state index in [1.807, 2.05) is 0 Å². The fourth-order valence-electron chi connectivity index (χ4n) is 0.163. The first-order chi connectivity index (χ1) is 4.04. The molecule has 0 fully saturated rings. The highest BCUT2D eigenvalue weighted by molar-refractivity contribution is 6.19. The Labute approximate surface area is 54.2 Å². The molecule has 0 radical (unpaired) electrons. The number of hydrogen-bond acceptors (Lipinski definition) is 2. The van der Waals surface area contributed by atoms with Crippen LogP contribution in [0.1, 0.15) is 0 Å². The molecule has 0 aromatic rings. The van der Waals surface area contributed by atoms with Crippen LogP contribution in [-0.2, 0) is 4.74 Å². The number of rotatable bonds is 3. The normalized spacial score (nSPS) is 18.0. The van der Waals surface area contributed by atoms with E-state index in [2.05, 4.69) is 16.3 Å². The molecule has 0 aromatic heterocycles.